The second-order valence-electron chi connectivity index (χ2n) is 15.0. The molecule has 0 unspecified atom stereocenters. The fraction of sp³-hybridized carbons (Fsp3) is 0. The van der Waals surface area contributed by atoms with Crippen LogP contribution in [0.4, 0.5) is 0 Å². The Bertz CT molecular complexity index is 3740. The van der Waals surface area contributed by atoms with Gasteiger partial charge in [0.1, 0.15) is 23.3 Å². The van der Waals surface area contributed by atoms with E-state index in [0.717, 1.165) is 82.4 Å². The van der Waals surface area contributed by atoms with Gasteiger partial charge in [0.25, 0.3) is 0 Å². The zero-order chi connectivity index (χ0) is 40.6. The van der Waals surface area contributed by atoms with Crippen LogP contribution in [0.5, 0.6) is 0 Å². The smallest absolute Gasteiger partial charge is 0.164 e. The summed E-state index contributed by atoms with van der Waals surface area (Å²) >= 11 is 0. The zero-order valence-corrected chi connectivity index (χ0v) is 32.3. The molecule has 0 saturated heterocycles. The highest BCUT2D eigenvalue weighted by Crippen LogP contribution is 2.45. The van der Waals surface area contributed by atoms with Gasteiger partial charge in [-0.25, -0.2) is 15.0 Å². The molecule has 0 N–H and O–H groups in total. The molecule has 8 nitrogen and oxygen atoms in total. The molecule has 0 bridgehead atoms. The summed E-state index contributed by atoms with van der Waals surface area (Å²) in [6, 6.07) is 63.3. The summed E-state index contributed by atoms with van der Waals surface area (Å²) in [7, 11) is 0. The Balaban J connectivity index is 1.10. The van der Waals surface area contributed by atoms with E-state index in [0.29, 0.717) is 39.9 Å². The lowest BCUT2D eigenvalue weighted by Gasteiger charge is -2.14. The van der Waals surface area contributed by atoms with E-state index in [1.165, 1.54) is 0 Å². The Kier molecular flexibility index (Phi) is 7.49. The van der Waals surface area contributed by atoms with Crippen molar-refractivity contribution in [3.8, 4) is 57.7 Å². The van der Waals surface area contributed by atoms with Gasteiger partial charge in [-0.2, -0.15) is 10.5 Å². The molecule has 0 amide bonds. The van der Waals surface area contributed by atoms with Crippen molar-refractivity contribution in [2.24, 2.45) is 0 Å². The molecule has 4 aromatic heterocycles. The van der Waals surface area contributed by atoms with Gasteiger partial charge in [-0.05, 0) is 60.7 Å². The van der Waals surface area contributed by atoms with E-state index < -0.39 is 0 Å². The Morgan fingerprint density at radius 2 is 0.820 bits per heavy atom. The minimum absolute atomic E-state index is 0.305. The van der Waals surface area contributed by atoms with Crippen molar-refractivity contribution in [2.75, 3.05) is 0 Å². The van der Waals surface area contributed by atoms with E-state index in [4.69, 9.17) is 19.4 Å². The molecule has 0 aliphatic heterocycles. The number of fused-ring (bicyclic) bond motifs is 11. The molecular formula is C53H29N7O. The Morgan fingerprint density at radius 1 is 0.393 bits per heavy atom. The van der Waals surface area contributed by atoms with Gasteiger partial charge in [0.15, 0.2) is 17.5 Å². The molecular weight excluding hydrogens is 751 g/mol. The van der Waals surface area contributed by atoms with Gasteiger partial charge in [-0.15, -0.1) is 0 Å². The SMILES string of the molecule is N#Cc1cc(-c2nc(-c3ccccc3)nc(-c3ccccc3)n2)cc(C#N)c1-n1c2ccccc2c2c3oc4c(ccc5c4c4ccccc4n5-c4ccccc4)c3ccc21. The lowest BCUT2D eigenvalue weighted by Crippen LogP contribution is -2.04. The number of rotatable bonds is 5. The van der Waals surface area contributed by atoms with Crippen LogP contribution in [0.2, 0.25) is 0 Å². The third kappa shape index (κ3) is 5.13. The van der Waals surface area contributed by atoms with Gasteiger partial charge in [0, 0.05) is 43.9 Å². The summed E-state index contributed by atoms with van der Waals surface area (Å²) in [6.07, 6.45) is 0. The normalized spacial score (nSPS) is 11.6. The zero-order valence-electron chi connectivity index (χ0n) is 32.3. The van der Waals surface area contributed by atoms with Crippen molar-refractivity contribution in [2.45, 2.75) is 0 Å². The third-order valence-corrected chi connectivity index (χ3v) is 11.6. The average Bonchev–Trinajstić information content (AvgIpc) is 3.99. The molecule has 8 aromatic carbocycles. The quantitative estimate of drug-likeness (QED) is 0.172. The summed E-state index contributed by atoms with van der Waals surface area (Å²) in [5.74, 6) is 1.34. The van der Waals surface area contributed by atoms with E-state index in [9.17, 15) is 10.5 Å². The molecule has 0 fully saturated rings. The van der Waals surface area contributed by atoms with Crippen LogP contribution in [0.25, 0.3) is 111 Å². The Morgan fingerprint density at radius 3 is 1.33 bits per heavy atom. The van der Waals surface area contributed by atoms with E-state index in [-0.39, 0.29) is 0 Å². The van der Waals surface area contributed by atoms with Gasteiger partial charge in [-0.1, -0.05) is 115 Å². The summed E-state index contributed by atoms with van der Waals surface area (Å²) in [6.45, 7) is 0. The van der Waals surface area contributed by atoms with Crippen molar-refractivity contribution >= 4 is 65.6 Å². The van der Waals surface area contributed by atoms with Gasteiger partial charge in [0.05, 0.1) is 49.7 Å². The first-order valence-electron chi connectivity index (χ1n) is 19.9. The number of para-hydroxylation sites is 3. The standard InChI is InChI=1S/C53H29N7O/c54-30-35-28-34(53-57-51(32-14-4-1-5-15-32)56-52(58-53)33-16-6-2-7-17-33)29-36(31-55)48(35)60-43-23-13-11-21-41(43)47-45(60)27-25-39-38-24-26-44-46(49(38)61-50(39)47)40-20-10-12-22-42(40)59(44)37-18-8-3-9-19-37/h1-29H. The number of nitriles is 2. The molecule has 12 aromatic rings. The molecule has 0 spiro atoms. The van der Waals surface area contributed by atoms with Crippen LogP contribution in [-0.2, 0) is 0 Å². The first-order valence-corrected chi connectivity index (χ1v) is 19.9. The van der Waals surface area contributed by atoms with Crippen LogP contribution in [0.3, 0.4) is 0 Å². The van der Waals surface area contributed by atoms with Crippen molar-refractivity contribution in [1.82, 2.24) is 24.1 Å². The highest BCUT2D eigenvalue weighted by atomic mass is 16.3. The van der Waals surface area contributed by atoms with Crippen LogP contribution < -0.4 is 0 Å². The van der Waals surface area contributed by atoms with Crippen molar-refractivity contribution < 1.29 is 4.42 Å². The molecule has 0 atom stereocenters. The lowest BCUT2D eigenvalue weighted by molar-refractivity contribution is 0.677. The minimum Gasteiger partial charge on any atom is -0.455 e. The van der Waals surface area contributed by atoms with Crippen molar-refractivity contribution in [3.05, 3.63) is 187 Å². The lowest BCUT2D eigenvalue weighted by atomic mass is 10.0. The average molecular weight is 780 g/mol. The van der Waals surface area contributed by atoms with E-state index in [1.54, 1.807) is 12.1 Å². The van der Waals surface area contributed by atoms with E-state index in [2.05, 4.69) is 95.6 Å². The van der Waals surface area contributed by atoms with Crippen LogP contribution >= 0.6 is 0 Å². The van der Waals surface area contributed by atoms with E-state index >= 15 is 0 Å². The third-order valence-electron chi connectivity index (χ3n) is 11.6. The number of hydrogen-bond donors (Lipinski definition) is 0. The molecule has 4 heterocycles. The monoisotopic (exact) mass is 779 g/mol. The molecule has 0 radical (unpaired) electrons. The van der Waals surface area contributed by atoms with E-state index in [1.807, 2.05) is 89.5 Å². The number of benzene rings is 8. The summed E-state index contributed by atoms with van der Waals surface area (Å²) in [5, 5.41) is 27.8. The highest BCUT2D eigenvalue weighted by Gasteiger charge is 2.25. The molecule has 8 heteroatoms. The van der Waals surface area contributed by atoms with Gasteiger partial charge in [0.2, 0.25) is 0 Å². The summed E-state index contributed by atoms with van der Waals surface area (Å²) in [4.78, 5) is 14.6. The predicted octanol–water partition coefficient (Wildman–Crippen LogP) is 12.7. The topological polar surface area (TPSA) is 109 Å². The molecule has 0 saturated carbocycles. The van der Waals surface area contributed by atoms with Gasteiger partial charge < -0.3 is 13.6 Å². The molecule has 282 valence electrons. The van der Waals surface area contributed by atoms with Crippen LogP contribution in [0, 0.1) is 22.7 Å². The Labute approximate surface area is 348 Å². The number of hydrogen-bond acceptors (Lipinski definition) is 6. The summed E-state index contributed by atoms with van der Waals surface area (Å²) < 4.78 is 11.4. The van der Waals surface area contributed by atoms with Crippen LogP contribution in [-0.4, -0.2) is 24.1 Å². The second kappa shape index (κ2) is 13.4. The van der Waals surface area contributed by atoms with Crippen LogP contribution in [0.1, 0.15) is 11.1 Å². The second-order valence-corrected chi connectivity index (χ2v) is 15.0. The molecule has 0 aliphatic carbocycles. The van der Waals surface area contributed by atoms with Crippen molar-refractivity contribution in [3.63, 3.8) is 0 Å². The first-order chi connectivity index (χ1) is 30.2. The highest BCUT2D eigenvalue weighted by molar-refractivity contribution is 6.29. The fourth-order valence-corrected chi connectivity index (χ4v) is 9.00. The fourth-order valence-electron chi connectivity index (χ4n) is 9.00. The Hall–Kier alpha value is -8.85. The summed E-state index contributed by atoms with van der Waals surface area (Å²) in [5.41, 5.74) is 9.71. The predicted molar refractivity (Wildman–Crippen MR) is 242 cm³/mol. The van der Waals surface area contributed by atoms with Crippen molar-refractivity contribution in [1.29, 1.82) is 10.5 Å². The number of nitrogens with zero attached hydrogens (tertiary/aromatic N) is 7. The maximum absolute atomic E-state index is 10.9. The maximum atomic E-state index is 10.9. The molecule has 12 rings (SSSR count). The van der Waals surface area contributed by atoms with Gasteiger partial charge in [-0.3, -0.25) is 0 Å². The maximum Gasteiger partial charge on any atom is 0.164 e. The number of aromatic nitrogens is 5. The van der Waals surface area contributed by atoms with Gasteiger partial charge >= 0.3 is 0 Å². The van der Waals surface area contributed by atoms with Crippen LogP contribution in [0.15, 0.2) is 180 Å². The number of furan rings is 1. The molecule has 61 heavy (non-hydrogen) atoms. The molecule has 0 aliphatic rings. The first kappa shape index (κ1) is 34.2. The largest absolute Gasteiger partial charge is 0.455 e. The minimum atomic E-state index is 0.305.